The summed E-state index contributed by atoms with van der Waals surface area (Å²) in [6.45, 7) is 1.13. The zero-order valence-corrected chi connectivity index (χ0v) is 13.6. The van der Waals surface area contributed by atoms with Crippen LogP contribution in [-0.2, 0) is 9.53 Å². The average Bonchev–Trinajstić information content (AvgIpc) is 2.48. The lowest BCUT2D eigenvalue weighted by atomic mass is 10.2. The van der Waals surface area contributed by atoms with E-state index in [9.17, 15) is 18.4 Å². The summed E-state index contributed by atoms with van der Waals surface area (Å²) in [5.74, 6) is -2.57. The molecular weight excluding hydrogens is 372 g/mol. The van der Waals surface area contributed by atoms with Gasteiger partial charge in [0.1, 0.15) is 11.6 Å². The van der Waals surface area contributed by atoms with Crippen LogP contribution in [0.25, 0.3) is 0 Å². The Morgan fingerprint density at radius 2 is 1.91 bits per heavy atom. The summed E-state index contributed by atoms with van der Waals surface area (Å²) in [5, 5.41) is 2.31. The smallest absolute Gasteiger partial charge is 0.339 e. The first-order valence-electron chi connectivity index (χ1n) is 6.55. The number of esters is 1. The molecule has 0 saturated heterocycles. The molecular formula is C16H12BrF2NO3. The highest BCUT2D eigenvalue weighted by molar-refractivity contribution is 9.10. The van der Waals surface area contributed by atoms with E-state index in [2.05, 4.69) is 21.2 Å². The largest absolute Gasteiger partial charge is 0.452 e. The number of rotatable bonds is 4. The van der Waals surface area contributed by atoms with Gasteiger partial charge in [0.2, 0.25) is 0 Å². The van der Waals surface area contributed by atoms with Crippen LogP contribution < -0.4 is 5.32 Å². The molecule has 1 N–H and O–H groups in total. The number of benzene rings is 2. The molecule has 2 aromatic carbocycles. The molecule has 0 aromatic heterocycles. The van der Waals surface area contributed by atoms with Crippen LogP contribution in [-0.4, -0.2) is 18.5 Å². The Balaban J connectivity index is 1.94. The highest BCUT2D eigenvalue weighted by Gasteiger charge is 2.15. The minimum absolute atomic E-state index is 0.000360. The van der Waals surface area contributed by atoms with Gasteiger partial charge in [-0.05, 0) is 58.7 Å². The molecule has 7 heteroatoms. The maximum absolute atomic E-state index is 13.6. The summed E-state index contributed by atoms with van der Waals surface area (Å²) in [6.07, 6.45) is 0. The van der Waals surface area contributed by atoms with Gasteiger partial charge in [0, 0.05) is 4.47 Å². The summed E-state index contributed by atoms with van der Waals surface area (Å²) in [7, 11) is 0. The second kappa shape index (κ2) is 7.32. The van der Waals surface area contributed by atoms with Gasteiger partial charge in [-0.2, -0.15) is 0 Å². The molecule has 4 nitrogen and oxygen atoms in total. The Labute approximate surface area is 139 Å². The van der Waals surface area contributed by atoms with E-state index in [-0.39, 0.29) is 15.7 Å². The van der Waals surface area contributed by atoms with E-state index in [1.165, 1.54) is 18.2 Å². The van der Waals surface area contributed by atoms with Gasteiger partial charge < -0.3 is 10.1 Å². The molecule has 0 spiro atoms. The van der Waals surface area contributed by atoms with Crippen molar-refractivity contribution in [2.45, 2.75) is 6.92 Å². The number of carbonyl (C=O) groups is 2. The van der Waals surface area contributed by atoms with E-state index in [4.69, 9.17) is 4.74 Å². The Morgan fingerprint density at radius 1 is 1.17 bits per heavy atom. The molecule has 120 valence electrons. The third-order valence-corrected chi connectivity index (χ3v) is 3.54. The highest BCUT2D eigenvalue weighted by Crippen LogP contribution is 2.19. The van der Waals surface area contributed by atoms with Crippen LogP contribution in [0.1, 0.15) is 15.9 Å². The maximum Gasteiger partial charge on any atom is 0.339 e. The van der Waals surface area contributed by atoms with Crippen LogP contribution >= 0.6 is 15.9 Å². The number of ether oxygens (including phenoxy) is 1. The average molecular weight is 384 g/mol. The summed E-state index contributed by atoms with van der Waals surface area (Å²) < 4.78 is 31.6. The van der Waals surface area contributed by atoms with Gasteiger partial charge in [0.25, 0.3) is 5.91 Å². The van der Waals surface area contributed by atoms with E-state index in [1.54, 1.807) is 13.0 Å². The van der Waals surface area contributed by atoms with Crippen molar-refractivity contribution in [2.75, 3.05) is 11.9 Å². The van der Waals surface area contributed by atoms with Gasteiger partial charge in [-0.15, -0.1) is 0 Å². The molecule has 0 bridgehead atoms. The molecule has 2 rings (SSSR count). The van der Waals surface area contributed by atoms with E-state index in [0.717, 1.165) is 12.1 Å². The number of carbonyl (C=O) groups excluding carboxylic acids is 2. The molecule has 0 heterocycles. The Bertz CT molecular complexity index is 765. The lowest BCUT2D eigenvalue weighted by Crippen LogP contribution is -2.21. The van der Waals surface area contributed by atoms with Crippen LogP contribution in [0, 0.1) is 18.6 Å². The Hall–Kier alpha value is -2.28. The maximum atomic E-state index is 13.6. The molecule has 23 heavy (non-hydrogen) atoms. The molecule has 0 radical (unpaired) electrons. The van der Waals surface area contributed by atoms with Gasteiger partial charge in [-0.3, -0.25) is 4.79 Å². The van der Waals surface area contributed by atoms with E-state index < -0.39 is 30.1 Å². The second-order valence-electron chi connectivity index (χ2n) is 4.73. The van der Waals surface area contributed by atoms with Crippen LogP contribution in [0.5, 0.6) is 0 Å². The third-order valence-electron chi connectivity index (χ3n) is 2.88. The van der Waals surface area contributed by atoms with Crippen LogP contribution in [0.2, 0.25) is 0 Å². The SMILES string of the molecule is Cc1ccc(NC(=O)COC(=O)c2ccc(F)cc2Br)c(F)c1. The second-order valence-corrected chi connectivity index (χ2v) is 5.59. The Kier molecular flexibility index (Phi) is 5.44. The lowest BCUT2D eigenvalue weighted by Gasteiger charge is -2.08. The zero-order chi connectivity index (χ0) is 17.0. The predicted octanol–water partition coefficient (Wildman–Crippen LogP) is 3.83. The van der Waals surface area contributed by atoms with Gasteiger partial charge in [0.15, 0.2) is 6.61 Å². The number of anilines is 1. The van der Waals surface area contributed by atoms with Crippen molar-refractivity contribution in [1.82, 2.24) is 0 Å². The van der Waals surface area contributed by atoms with Gasteiger partial charge in [-0.1, -0.05) is 6.07 Å². The number of aryl methyl sites for hydroxylation is 1. The number of hydrogen-bond acceptors (Lipinski definition) is 3. The van der Waals surface area contributed by atoms with Gasteiger partial charge in [0.05, 0.1) is 11.3 Å². The van der Waals surface area contributed by atoms with Crippen molar-refractivity contribution in [3.63, 3.8) is 0 Å². The molecule has 0 aliphatic rings. The molecule has 1 amide bonds. The van der Waals surface area contributed by atoms with Crippen molar-refractivity contribution in [3.05, 3.63) is 63.6 Å². The summed E-state index contributed by atoms with van der Waals surface area (Å²) in [6, 6.07) is 7.78. The normalized spacial score (nSPS) is 10.3. The topological polar surface area (TPSA) is 55.4 Å². The summed E-state index contributed by atoms with van der Waals surface area (Å²) in [5.41, 5.74) is 0.799. The molecule has 0 fully saturated rings. The highest BCUT2D eigenvalue weighted by atomic mass is 79.9. The number of hydrogen-bond donors (Lipinski definition) is 1. The minimum atomic E-state index is -0.795. The minimum Gasteiger partial charge on any atom is -0.452 e. The summed E-state index contributed by atoms with van der Waals surface area (Å²) in [4.78, 5) is 23.5. The van der Waals surface area contributed by atoms with E-state index >= 15 is 0 Å². The lowest BCUT2D eigenvalue weighted by molar-refractivity contribution is -0.119. The van der Waals surface area contributed by atoms with Crippen LogP contribution in [0.4, 0.5) is 14.5 Å². The molecule has 2 aromatic rings. The van der Waals surface area contributed by atoms with Crippen molar-refractivity contribution in [3.8, 4) is 0 Å². The number of amides is 1. The van der Waals surface area contributed by atoms with Crippen LogP contribution in [0.3, 0.4) is 0 Å². The quantitative estimate of drug-likeness (QED) is 0.816. The first-order valence-corrected chi connectivity index (χ1v) is 7.34. The summed E-state index contributed by atoms with van der Waals surface area (Å²) >= 11 is 3.03. The van der Waals surface area contributed by atoms with Crippen molar-refractivity contribution < 1.29 is 23.1 Å². The number of halogens is 3. The van der Waals surface area contributed by atoms with E-state index in [0.29, 0.717) is 5.56 Å². The van der Waals surface area contributed by atoms with E-state index in [1.807, 2.05) is 0 Å². The van der Waals surface area contributed by atoms with Crippen LogP contribution in [0.15, 0.2) is 40.9 Å². The first-order chi connectivity index (χ1) is 10.9. The molecule has 0 aliphatic heterocycles. The predicted molar refractivity (Wildman–Crippen MR) is 84.1 cm³/mol. The molecule has 0 aliphatic carbocycles. The third kappa shape index (κ3) is 4.59. The molecule has 0 saturated carbocycles. The first kappa shape index (κ1) is 17.1. The standard InChI is InChI=1S/C16H12BrF2NO3/c1-9-2-5-14(13(19)6-9)20-15(21)8-23-16(22)11-4-3-10(18)7-12(11)17/h2-7H,8H2,1H3,(H,20,21). The van der Waals surface area contributed by atoms with Gasteiger partial charge in [-0.25, -0.2) is 13.6 Å². The molecule has 0 unspecified atom stereocenters. The fourth-order valence-corrected chi connectivity index (χ4v) is 2.28. The fraction of sp³-hybridized carbons (Fsp3) is 0.125. The van der Waals surface area contributed by atoms with Crippen molar-refractivity contribution in [2.24, 2.45) is 0 Å². The van der Waals surface area contributed by atoms with Crippen molar-refractivity contribution >= 4 is 33.5 Å². The monoisotopic (exact) mass is 383 g/mol. The Morgan fingerprint density at radius 3 is 2.57 bits per heavy atom. The molecule has 0 atom stereocenters. The zero-order valence-electron chi connectivity index (χ0n) is 12.0. The fourth-order valence-electron chi connectivity index (χ4n) is 1.77. The van der Waals surface area contributed by atoms with Crippen molar-refractivity contribution in [1.29, 1.82) is 0 Å². The van der Waals surface area contributed by atoms with Gasteiger partial charge >= 0.3 is 5.97 Å². The number of nitrogens with one attached hydrogen (secondary N) is 1.